The Kier molecular flexibility index (Phi) is 12.9. The number of rotatable bonds is 12. The SMILES string of the molecule is COC(=O)CCC1=C(C)c2cc3[nH]c(cc4nc(cc5[nH]c(cc1n2)c(CCC(=O)OC)c5C)C(/C=C/c1ccc(S(=O)(=O)O)cc1)=C4C)c(/C=C/c1ccc(S(=O)(=O)O)cc1)c3C. The first-order chi connectivity index (χ1) is 30.3. The zero-order chi connectivity index (χ0) is 46.1. The van der Waals surface area contributed by atoms with Gasteiger partial charge in [0.05, 0.1) is 46.8 Å². The van der Waals surface area contributed by atoms with Crippen molar-refractivity contribution in [3.05, 3.63) is 135 Å². The van der Waals surface area contributed by atoms with E-state index in [-0.39, 0.29) is 34.6 Å². The first-order valence-electron chi connectivity index (χ1n) is 20.2. The molecule has 14 nitrogen and oxygen atoms in total. The molecule has 0 aliphatic carbocycles. The third kappa shape index (κ3) is 9.75. The molecule has 330 valence electrons. The predicted molar refractivity (Wildman–Crippen MR) is 248 cm³/mol. The van der Waals surface area contributed by atoms with Gasteiger partial charge in [0.25, 0.3) is 20.2 Å². The van der Waals surface area contributed by atoms with Crippen molar-refractivity contribution in [2.45, 2.75) is 63.2 Å². The van der Waals surface area contributed by atoms with Crippen molar-refractivity contribution < 1.29 is 45.0 Å². The molecule has 0 saturated heterocycles. The molecule has 7 rings (SSSR count). The van der Waals surface area contributed by atoms with Crippen molar-refractivity contribution in [2.75, 3.05) is 14.2 Å². The number of H-pyrrole nitrogens is 2. The summed E-state index contributed by atoms with van der Waals surface area (Å²) >= 11 is 0. The second-order valence-corrected chi connectivity index (χ2v) is 18.3. The molecule has 2 aliphatic heterocycles. The maximum atomic E-state index is 12.4. The van der Waals surface area contributed by atoms with Crippen molar-refractivity contribution in [2.24, 2.45) is 0 Å². The number of fused-ring (bicyclic) bond motifs is 8. The van der Waals surface area contributed by atoms with Gasteiger partial charge in [-0.3, -0.25) is 18.7 Å². The Morgan fingerprint density at radius 1 is 0.578 bits per heavy atom. The molecule has 3 aromatic heterocycles. The molecular formula is C48H46N4O10S2. The largest absolute Gasteiger partial charge is 0.469 e. The summed E-state index contributed by atoms with van der Waals surface area (Å²) in [6, 6.07) is 19.5. The standard InChI is InChI=1S/C48H46N4O10S2/c1-27-35(17-11-31-7-13-33(14-8-31)63(55,56)57)43-24-41-28(2)36(18-12-32-9-15-34(16-10-32)64(58,59)60)44(51-41)25-42-30(4)38(20-22-48(54)62-6)46(52-42)26-45-37(19-21-47(53)61-5)29(3)40(50-45)23-39(27)49-43/h7-18,23-26,49,52H,19-22H2,1-6H3,(H,55,56,57)(H,58,59,60)/b17-11+,18-12+,39-23?,40-23?,41-24?,42-25?,43-24?,44-25?,45-26?,46-26?. The lowest BCUT2D eigenvalue weighted by atomic mass is 10.00. The zero-order valence-electron chi connectivity index (χ0n) is 35.9. The molecule has 8 bridgehead atoms. The van der Waals surface area contributed by atoms with Gasteiger partial charge in [0.1, 0.15) is 0 Å². The second kappa shape index (κ2) is 18.2. The topological polar surface area (TPSA) is 219 Å². The number of hydrogen-bond acceptors (Lipinski definition) is 10. The zero-order valence-corrected chi connectivity index (χ0v) is 37.6. The highest BCUT2D eigenvalue weighted by Gasteiger charge is 2.22. The molecule has 0 radical (unpaired) electrons. The molecule has 2 aromatic carbocycles. The Hall–Kier alpha value is -6.72. The highest BCUT2D eigenvalue weighted by molar-refractivity contribution is 7.86. The monoisotopic (exact) mass is 902 g/mol. The molecule has 0 atom stereocenters. The van der Waals surface area contributed by atoms with Crippen LogP contribution in [0.3, 0.4) is 0 Å². The number of allylic oxidation sites excluding steroid dienone is 5. The van der Waals surface area contributed by atoms with Gasteiger partial charge in [0.2, 0.25) is 0 Å². The number of hydrogen-bond donors (Lipinski definition) is 4. The summed E-state index contributed by atoms with van der Waals surface area (Å²) in [5.41, 5.74) is 13.7. The van der Waals surface area contributed by atoms with Gasteiger partial charge in [0, 0.05) is 46.0 Å². The Bertz CT molecular complexity index is 3250. The summed E-state index contributed by atoms with van der Waals surface area (Å²) in [6.07, 6.45) is 8.48. The number of methoxy groups -OCH3 is 2. The van der Waals surface area contributed by atoms with Crippen LogP contribution in [0.2, 0.25) is 0 Å². The average Bonchev–Trinajstić information content (AvgIpc) is 3.92. The smallest absolute Gasteiger partial charge is 0.305 e. The van der Waals surface area contributed by atoms with E-state index in [0.717, 1.165) is 66.6 Å². The van der Waals surface area contributed by atoms with Gasteiger partial charge in [-0.1, -0.05) is 48.6 Å². The highest BCUT2D eigenvalue weighted by atomic mass is 32.2. The fraction of sp³-hybridized carbons (Fsp3) is 0.208. The molecule has 0 unspecified atom stereocenters. The maximum absolute atomic E-state index is 12.4. The van der Waals surface area contributed by atoms with E-state index in [4.69, 9.17) is 19.4 Å². The number of nitrogens with one attached hydrogen (secondary N) is 2. The van der Waals surface area contributed by atoms with Crippen LogP contribution in [0.1, 0.15) is 89.3 Å². The Labute approximate surface area is 370 Å². The van der Waals surface area contributed by atoms with E-state index in [2.05, 4.69) is 9.97 Å². The van der Waals surface area contributed by atoms with Crippen LogP contribution >= 0.6 is 0 Å². The number of carbonyl (C=O) groups excluding carboxylic acids is 2. The van der Waals surface area contributed by atoms with Gasteiger partial charge in [-0.2, -0.15) is 16.8 Å². The molecule has 16 heteroatoms. The summed E-state index contributed by atoms with van der Waals surface area (Å²) in [4.78, 5) is 41.9. The first kappa shape index (κ1) is 45.3. The fourth-order valence-electron chi connectivity index (χ4n) is 7.73. The lowest BCUT2D eigenvalue weighted by Gasteiger charge is -2.04. The second-order valence-electron chi connectivity index (χ2n) is 15.4. The van der Waals surface area contributed by atoms with Crippen molar-refractivity contribution in [1.29, 1.82) is 0 Å². The van der Waals surface area contributed by atoms with Gasteiger partial charge in [-0.05, 0) is 134 Å². The van der Waals surface area contributed by atoms with Crippen LogP contribution in [0.4, 0.5) is 0 Å². The summed E-state index contributed by atoms with van der Waals surface area (Å²) in [5.74, 6) is -0.716. The van der Waals surface area contributed by atoms with E-state index in [0.29, 0.717) is 46.7 Å². The minimum atomic E-state index is -4.37. The minimum Gasteiger partial charge on any atom is -0.469 e. The molecule has 5 aromatic rings. The number of ether oxygens (including phenoxy) is 2. The van der Waals surface area contributed by atoms with Gasteiger partial charge in [-0.15, -0.1) is 0 Å². The third-order valence-corrected chi connectivity index (χ3v) is 13.2. The van der Waals surface area contributed by atoms with E-state index in [1.807, 2.05) is 76.3 Å². The van der Waals surface area contributed by atoms with Crippen LogP contribution in [0.15, 0.2) is 88.7 Å². The van der Waals surface area contributed by atoms with Crippen LogP contribution < -0.4 is 0 Å². The van der Waals surface area contributed by atoms with E-state index >= 15 is 0 Å². The number of benzene rings is 2. The first-order valence-corrected chi connectivity index (χ1v) is 23.0. The minimum absolute atomic E-state index is 0.132. The number of nitrogens with zero attached hydrogens (tertiary/aromatic N) is 2. The Morgan fingerprint density at radius 2 is 1.05 bits per heavy atom. The fourth-order valence-corrected chi connectivity index (χ4v) is 8.69. The normalized spacial score (nSPS) is 13.4. The third-order valence-electron chi connectivity index (χ3n) is 11.5. The van der Waals surface area contributed by atoms with E-state index in [1.54, 1.807) is 24.3 Å². The van der Waals surface area contributed by atoms with E-state index < -0.39 is 20.2 Å². The van der Waals surface area contributed by atoms with Crippen molar-refractivity contribution in [1.82, 2.24) is 19.9 Å². The lowest BCUT2D eigenvalue weighted by molar-refractivity contribution is -0.141. The number of aromatic amines is 2. The molecule has 2 aliphatic rings. The van der Waals surface area contributed by atoms with E-state index in [9.17, 15) is 35.5 Å². The summed E-state index contributed by atoms with van der Waals surface area (Å²) in [6.45, 7) is 7.86. The maximum Gasteiger partial charge on any atom is 0.305 e. The van der Waals surface area contributed by atoms with Crippen LogP contribution in [-0.2, 0) is 45.7 Å². The van der Waals surface area contributed by atoms with Crippen molar-refractivity contribution in [3.8, 4) is 0 Å². The molecule has 0 spiro atoms. The molecule has 5 heterocycles. The summed E-state index contributed by atoms with van der Waals surface area (Å²) < 4.78 is 75.8. The van der Waals surface area contributed by atoms with Gasteiger partial charge < -0.3 is 19.4 Å². The highest BCUT2D eigenvalue weighted by Crippen LogP contribution is 2.37. The van der Waals surface area contributed by atoms with Crippen molar-refractivity contribution >= 4 is 94.8 Å². The van der Waals surface area contributed by atoms with Crippen LogP contribution in [-0.4, -0.2) is 72.0 Å². The molecule has 64 heavy (non-hydrogen) atoms. The van der Waals surface area contributed by atoms with E-state index in [1.165, 1.54) is 38.5 Å². The quantitative estimate of drug-likeness (QED) is 0.0680. The van der Waals surface area contributed by atoms with Gasteiger partial charge >= 0.3 is 11.9 Å². The Morgan fingerprint density at radius 3 is 1.62 bits per heavy atom. The van der Waals surface area contributed by atoms with Crippen LogP contribution in [0.5, 0.6) is 0 Å². The van der Waals surface area contributed by atoms with Gasteiger partial charge in [-0.25, -0.2) is 9.97 Å². The number of aryl methyl sites for hydroxylation is 3. The lowest BCUT2D eigenvalue weighted by Crippen LogP contribution is -2.02. The molecule has 4 N–H and O–H groups in total. The van der Waals surface area contributed by atoms with Crippen LogP contribution in [0, 0.1) is 13.8 Å². The molecule has 0 amide bonds. The molecule has 0 saturated carbocycles. The number of aromatic nitrogens is 4. The number of carbonyl (C=O) groups is 2. The van der Waals surface area contributed by atoms with Crippen molar-refractivity contribution in [3.63, 3.8) is 0 Å². The molecular weight excluding hydrogens is 857 g/mol. The molecule has 0 fully saturated rings. The van der Waals surface area contributed by atoms with Gasteiger partial charge in [0.15, 0.2) is 0 Å². The summed E-state index contributed by atoms with van der Waals surface area (Å²) in [7, 11) is -6.04. The average molecular weight is 903 g/mol. The Balaban J connectivity index is 1.51. The number of esters is 2. The summed E-state index contributed by atoms with van der Waals surface area (Å²) in [5, 5.41) is 0. The predicted octanol–water partition coefficient (Wildman–Crippen LogP) is 9.23. The van der Waals surface area contributed by atoms with Crippen LogP contribution in [0.25, 0.3) is 62.6 Å².